The highest BCUT2D eigenvalue weighted by atomic mass is 16.5. The number of amides is 1. The SMILES string of the molecule is COc1cc(CCNCc2ccccc2C(=O)NCCCCc2ccccc2)cc(OC)c1O. The molecule has 1 amide bonds. The minimum Gasteiger partial charge on any atom is -0.502 e. The van der Waals surface area contributed by atoms with Gasteiger partial charge in [0, 0.05) is 18.7 Å². The van der Waals surface area contributed by atoms with E-state index in [0.717, 1.165) is 36.8 Å². The van der Waals surface area contributed by atoms with Crippen molar-refractivity contribution in [3.8, 4) is 17.2 Å². The number of rotatable bonds is 13. The maximum absolute atomic E-state index is 12.7. The quantitative estimate of drug-likeness (QED) is 0.326. The molecule has 6 nitrogen and oxygen atoms in total. The number of methoxy groups -OCH3 is 2. The lowest BCUT2D eigenvalue weighted by Gasteiger charge is -2.13. The molecule has 0 spiro atoms. The van der Waals surface area contributed by atoms with Gasteiger partial charge in [-0.25, -0.2) is 0 Å². The Bertz CT molecular complexity index is 1030. The van der Waals surface area contributed by atoms with Gasteiger partial charge in [-0.05, 0) is 67.1 Å². The molecule has 180 valence electrons. The molecule has 0 saturated heterocycles. The molecule has 0 saturated carbocycles. The van der Waals surface area contributed by atoms with E-state index in [-0.39, 0.29) is 11.7 Å². The van der Waals surface area contributed by atoms with Crippen molar-refractivity contribution in [2.24, 2.45) is 0 Å². The van der Waals surface area contributed by atoms with Crippen LogP contribution in [0.15, 0.2) is 66.7 Å². The van der Waals surface area contributed by atoms with E-state index in [0.29, 0.717) is 36.7 Å². The van der Waals surface area contributed by atoms with Gasteiger partial charge in [-0.2, -0.15) is 0 Å². The van der Waals surface area contributed by atoms with Crippen LogP contribution >= 0.6 is 0 Å². The molecular formula is C28H34N2O4. The second-order valence-electron chi connectivity index (χ2n) is 8.13. The van der Waals surface area contributed by atoms with Crippen molar-refractivity contribution < 1.29 is 19.4 Å². The first-order valence-electron chi connectivity index (χ1n) is 11.7. The Labute approximate surface area is 201 Å². The summed E-state index contributed by atoms with van der Waals surface area (Å²) >= 11 is 0. The molecule has 0 fully saturated rings. The molecule has 0 aliphatic heterocycles. The van der Waals surface area contributed by atoms with Crippen molar-refractivity contribution in [3.63, 3.8) is 0 Å². The second kappa shape index (κ2) is 13.3. The van der Waals surface area contributed by atoms with Gasteiger partial charge in [-0.3, -0.25) is 4.79 Å². The molecule has 34 heavy (non-hydrogen) atoms. The lowest BCUT2D eigenvalue weighted by molar-refractivity contribution is 0.0952. The van der Waals surface area contributed by atoms with Crippen molar-refractivity contribution in [3.05, 3.63) is 89.0 Å². The summed E-state index contributed by atoms with van der Waals surface area (Å²) < 4.78 is 10.4. The van der Waals surface area contributed by atoms with Crippen molar-refractivity contribution in [2.75, 3.05) is 27.3 Å². The van der Waals surface area contributed by atoms with Crippen molar-refractivity contribution in [1.29, 1.82) is 0 Å². The van der Waals surface area contributed by atoms with Crippen LogP contribution in [0.25, 0.3) is 0 Å². The van der Waals surface area contributed by atoms with Crippen LogP contribution in [0.5, 0.6) is 17.2 Å². The van der Waals surface area contributed by atoms with E-state index in [2.05, 4.69) is 34.9 Å². The van der Waals surface area contributed by atoms with Crippen molar-refractivity contribution in [2.45, 2.75) is 32.2 Å². The molecule has 0 unspecified atom stereocenters. The lowest BCUT2D eigenvalue weighted by atomic mass is 10.1. The number of phenolic OH excluding ortho intramolecular Hbond substituents is 1. The third kappa shape index (κ3) is 7.25. The van der Waals surface area contributed by atoms with E-state index >= 15 is 0 Å². The van der Waals surface area contributed by atoms with E-state index < -0.39 is 0 Å². The molecule has 0 atom stereocenters. The summed E-state index contributed by atoms with van der Waals surface area (Å²) in [7, 11) is 3.03. The third-order valence-corrected chi connectivity index (χ3v) is 5.73. The van der Waals surface area contributed by atoms with Gasteiger partial charge in [0.05, 0.1) is 14.2 Å². The number of aryl methyl sites for hydroxylation is 1. The average molecular weight is 463 g/mol. The van der Waals surface area contributed by atoms with Crippen LogP contribution in [0.4, 0.5) is 0 Å². The second-order valence-corrected chi connectivity index (χ2v) is 8.13. The van der Waals surface area contributed by atoms with Gasteiger partial charge in [0.2, 0.25) is 5.75 Å². The summed E-state index contributed by atoms with van der Waals surface area (Å²) in [6.45, 7) is 1.95. The zero-order valence-electron chi connectivity index (χ0n) is 20.0. The molecule has 0 heterocycles. The van der Waals surface area contributed by atoms with E-state index in [4.69, 9.17) is 9.47 Å². The molecule has 6 heteroatoms. The first-order chi connectivity index (χ1) is 16.6. The Balaban J connectivity index is 1.45. The number of hydrogen-bond acceptors (Lipinski definition) is 5. The third-order valence-electron chi connectivity index (χ3n) is 5.73. The number of carbonyl (C=O) groups is 1. The topological polar surface area (TPSA) is 79.8 Å². The number of nitrogens with one attached hydrogen (secondary N) is 2. The number of ether oxygens (including phenoxy) is 2. The van der Waals surface area contributed by atoms with Gasteiger partial charge in [-0.15, -0.1) is 0 Å². The molecular weight excluding hydrogens is 428 g/mol. The Kier molecular flexibility index (Phi) is 9.80. The molecule has 0 radical (unpaired) electrons. The largest absolute Gasteiger partial charge is 0.502 e. The Morgan fingerprint density at radius 2 is 1.50 bits per heavy atom. The number of carbonyl (C=O) groups excluding carboxylic acids is 1. The standard InChI is InChI=1S/C28H34N2O4/c1-33-25-18-22(19-26(34-2)27(25)31)15-17-29-20-23-13-6-7-14-24(23)28(32)30-16-9-8-12-21-10-4-3-5-11-21/h3-7,10-11,13-14,18-19,29,31H,8-9,12,15-17,20H2,1-2H3,(H,30,32). The summed E-state index contributed by atoms with van der Waals surface area (Å²) in [6.07, 6.45) is 3.74. The van der Waals surface area contributed by atoms with Crippen LogP contribution in [-0.4, -0.2) is 38.3 Å². The van der Waals surface area contributed by atoms with E-state index in [1.165, 1.54) is 19.8 Å². The Morgan fingerprint density at radius 1 is 0.824 bits per heavy atom. The summed E-state index contributed by atoms with van der Waals surface area (Å²) in [5.74, 6) is 0.743. The minimum absolute atomic E-state index is 0.00159. The molecule has 0 aliphatic carbocycles. The first-order valence-corrected chi connectivity index (χ1v) is 11.7. The van der Waals surface area contributed by atoms with Gasteiger partial charge >= 0.3 is 0 Å². The summed E-state index contributed by atoms with van der Waals surface area (Å²) in [5, 5.41) is 16.5. The zero-order valence-corrected chi connectivity index (χ0v) is 20.0. The van der Waals surface area contributed by atoms with Gasteiger partial charge < -0.3 is 25.2 Å². The lowest BCUT2D eigenvalue weighted by Crippen LogP contribution is -2.27. The highest BCUT2D eigenvalue weighted by Gasteiger charge is 2.12. The number of unbranched alkanes of at least 4 members (excludes halogenated alkanes) is 1. The van der Waals surface area contributed by atoms with Gasteiger partial charge in [0.15, 0.2) is 11.5 Å². The molecule has 3 aromatic rings. The van der Waals surface area contributed by atoms with Crippen molar-refractivity contribution in [1.82, 2.24) is 10.6 Å². The average Bonchev–Trinajstić information content (AvgIpc) is 2.87. The van der Waals surface area contributed by atoms with E-state index in [1.54, 1.807) is 12.1 Å². The normalized spacial score (nSPS) is 10.6. The van der Waals surface area contributed by atoms with Gasteiger partial charge in [-0.1, -0.05) is 48.5 Å². The fourth-order valence-electron chi connectivity index (χ4n) is 3.84. The fraction of sp³-hybridized carbons (Fsp3) is 0.321. The molecule has 3 rings (SSSR count). The predicted molar refractivity (Wildman–Crippen MR) is 135 cm³/mol. The smallest absolute Gasteiger partial charge is 0.251 e. The van der Waals surface area contributed by atoms with Gasteiger partial charge in [0.25, 0.3) is 5.91 Å². The van der Waals surface area contributed by atoms with Crippen molar-refractivity contribution >= 4 is 5.91 Å². The Hall–Kier alpha value is -3.51. The molecule has 0 aromatic heterocycles. The maximum atomic E-state index is 12.7. The van der Waals surface area contributed by atoms with E-state index in [9.17, 15) is 9.90 Å². The number of hydrogen-bond donors (Lipinski definition) is 3. The van der Waals surface area contributed by atoms with Crippen LogP contribution < -0.4 is 20.1 Å². The highest BCUT2D eigenvalue weighted by Crippen LogP contribution is 2.37. The minimum atomic E-state index is -0.0369. The summed E-state index contributed by atoms with van der Waals surface area (Å²) in [4.78, 5) is 12.7. The monoisotopic (exact) mass is 462 g/mol. The maximum Gasteiger partial charge on any atom is 0.251 e. The number of phenols is 1. The first kappa shape index (κ1) is 25.1. The van der Waals surface area contributed by atoms with Crippen LogP contribution in [0.2, 0.25) is 0 Å². The van der Waals surface area contributed by atoms with Gasteiger partial charge in [0.1, 0.15) is 0 Å². The zero-order chi connectivity index (χ0) is 24.2. The molecule has 0 bridgehead atoms. The van der Waals surface area contributed by atoms with E-state index in [1.807, 2.05) is 30.3 Å². The highest BCUT2D eigenvalue weighted by molar-refractivity contribution is 5.95. The van der Waals surface area contributed by atoms with Crippen LogP contribution in [0, 0.1) is 0 Å². The van der Waals surface area contributed by atoms with Crippen LogP contribution in [-0.2, 0) is 19.4 Å². The molecule has 3 N–H and O–H groups in total. The predicted octanol–water partition coefficient (Wildman–Crippen LogP) is 4.49. The summed E-state index contributed by atoms with van der Waals surface area (Å²) in [5.41, 5.74) is 3.98. The summed E-state index contributed by atoms with van der Waals surface area (Å²) in [6, 6.07) is 21.7. The van der Waals surface area contributed by atoms with Crippen LogP contribution in [0.1, 0.15) is 39.9 Å². The number of aromatic hydroxyl groups is 1. The number of benzene rings is 3. The molecule has 0 aliphatic rings. The Morgan fingerprint density at radius 3 is 2.21 bits per heavy atom. The van der Waals surface area contributed by atoms with Crippen LogP contribution in [0.3, 0.4) is 0 Å². The fourth-order valence-corrected chi connectivity index (χ4v) is 3.84. The molecule has 3 aromatic carbocycles.